The first-order valence-corrected chi connectivity index (χ1v) is 9.13. The summed E-state index contributed by atoms with van der Waals surface area (Å²) in [6.45, 7) is 3.86. The van der Waals surface area contributed by atoms with Crippen molar-refractivity contribution in [3.05, 3.63) is 30.2 Å². The third kappa shape index (κ3) is 8.02. The van der Waals surface area contributed by atoms with Crippen LogP contribution in [0.15, 0.2) is 29.4 Å². The summed E-state index contributed by atoms with van der Waals surface area (Å²) in [4.78, 5) is 4.38. The Hall–Kier alpha value is -1.38. The molecule has 25 heavy (non-hydrogen) atoms. The molecule has 0 saturated carbocycles. The molecule has 0 bridgehead atoms. The molecule has 140 valence electrons. The number of nitrogens with one attached hydrogen (secondary N) is 1. The molecule has 2 rings (SSSR count). The molecule has 0 aromatic carbocycles. The standard InChI is InChI=1S/C18H30N6.HI/c1-2-3-4-5-6-8-13-20-18(19)21-14-10-12-17-23-22-16-11-7-9-15-24(16)17;/h7,9,11,15H,2-6,8,10,12-14H2,1H3,(H3,19,20,21);1H. The molecule has 0 aliphatic rings. The zero-order valence-corrected chi connectivity index (χ0v) is 17.5. The molecule has 0 aliphatic carbocycles. The topological polar surface area (TPSA) is 80.6 Å². The molecule has 0 fully saturated rings. The number of hydrogen-bond acceptors (Lipinski definition) is 3. The number of halogens is 1. The molecule has 0 aliphatic heterocycles. The lowest BCUT2D eigenvalue weighted by Gasteiger charge is -2.05. The molecular formula is C18H31IN6. The highest BCUT2D eigenvalue weighted by Crippen LogP contribution is 2.05. The van der Waals surface area contributed by atoms with E-state index in [9.17, 15) is 0 Å². The van der Waals surface area contributed by atoms with Crippen molar-refractivity contribution in [1.29, 1.82) is 0 Å². The van der Waals surface area contributed by atoms with Gasteiger partial charge in [0.05, 0.1) is 0 Å². The van der Waals surface area contributed by atoms with Crippen LogP contribution in [0.25, 0.3) is 5.65 Å². The van der Waals surface area contributed by atoms with Gasteiger partial charge in [0.15, 0.2) is 11.6 Å². The monoisotopic (exact) mass is 458 g/mol. The smallest absolute Gasteiger partial charge is 0.188 e. The number of aliphatic imine (C=N–C) groups is 1. The van der Waals surface area contributed by atoms with Gasteiger partial charge in [0.1, 0.15) is 5.82 Å². The average Bonchev–Trinajstić information content (AvgIpc) is 3.01. The van der Waals surface area contributed by atoms with Crippen LogP contribution in [-0.4, -0.2) is 33.6 Å². The quantitative estimate of drug-likeness (QED) is 0.234. The highest BCUT2D eigenvalue weighted by atomic mass is 127. The number of aromatic nitrogens is 3. The summed E-state index contributed by atoms with van der Waals surface area (Å²) < 4.78 is 2.02. The third-order valence-corrected chi connectivity index (χ3v) is 4.06. The van der Waals surface area contributed by atoms with E-state index in [1.807, 2.05) is 28.8 Å². The number of fused-ring (bicyclic) bond motifs is 1. The minimum Gasteiger partial charge on any atom is -0.370 e. The number of nitrogens with two attached hydrogens (primary N) is 1. The number of unbranched alkanes of at least 4 members (excludes halogenated alkanes) is 5. The summed E-state index contributed by atoms with van der Waals surface area (Å²) in [5, 5.41) is 11.6. The van der Waals surface area contributed by atoms with Crippen LogP contribution in [0.5, 0.6) is 0 Å². The lowest BCUT2D eigenvalue weighted by molar-refractivity contribution is 0.601. The summed E-state index contributed by atoms with van der Waals surface area (Å²) in [5.41, 5.74) is 6.78. The molecule has 0 radical (unpaired) electrons. The van der Waals surface area contributed by atoms with E-state index in [0.717, 1.165) is 37.3 Å². The summed E-state index contributed by atoms with van der Waals surface area (Å²) in [6.07, 6.45) is 11.5. The molecule has 0 saturated heterocycles. The van der Waals surface area contributed by atoms with Crippen molar-refractivity contribution < 1.29 is 0 Å². The Morgan fingerprint density at radius 2 is 1.92 bits per heavy atom. The van der Waals surface area contributed by atoms with Gasteiger partial charge in [0.2, 0.25) is 0 Å². The lowest BCUT2D eigenvalue weighted by Crippen LogP contribution is -2.32. The van der Waals surface area contributed by atoms with Gasteiger partial charge in [0.25, 0.3) is 0 Å². The number of nitrogens with zero attached hydrogens (tertiary/aromatic N) is 4. The van der Waals surface area contributed by atoms with E-state index >= 15 is 0 Å². The minimum absolute atomic E-state index is 0. The van der Waals surface area contributed by atoms with E-state index in [2.05, 4.69) is 27.4 Å². The molecule has 2 aromatic heterocycles. The zero-order valence-electron chi connectivity index (χ0n) is 15.2. The van der Waals surface area contributed by atoms with Crippen molar-refractivity contribution in [2.45, 2.75) is 58.3 Å². The summed E-state index contributed by atoms with van der Waals surface area (Å²) in [7, 11) is 0. The Bertz CT molecular complexity index is 625. The SMILES string of the molecule is CCCCCCCCNC(N)=NCCCc1nnc2ccccn12.I. The predicted octanol–water partition coefficient (Wildman–Crippen LogP) is 3.54. The van der Waals surface area contributed by atoms with Crippen LogP contribution in [0.1, 0.15) is 57.7 Å². The first-order chi connectivity index (χ1) is 11.8. The molecule has 6 nitrogen and oxygen atoms in total. The molecule has 2 heterocycles. The van der Waals surface area contributed by atoms with Crippen LogP contribution >= 0.6 is 24.0 Å². The largest absolute Gasteiger partial charge is 0.370 e. The Morgan fingerprint density at radius 3 is 2.76 bits per heavy atom. The summed E-state index contributed by atoms with van der Waals surface area (Å²) in [5.74, 6) is 1.52. The van der Waals surface area contributed by atoms with Crippen molar-refractivity contribution >= 4 is 35.6 Å². The van der Waals surface area contributed by atoms with Gasteiger partial charge in [-0.15, -0.1) is 34.2 Å². The zero-order chi connectivity index (χ0) is 17.0. The fourth-order valence-corrected chi connectivity index (χ4v) is 2.68. The van der Waals surface area contributed by atoms with Gasteiger partial charge < -0.3 is 11.1 Å². The first kappa shape index (κ1) is 21.7. The van der Waals surface area contributed by atoms with Gasteiger partial charge in [-0.3, -0.25) is 9.39 Å². The van der Waals surface area contributed by atoms with E-state index < -0.39 is 0 Å². The van der Waals surface area contributed by atoms with Gasteiger partial charge in [0, 0.05) is 25.7 Å². The van der Waals surface area contributed by atoms with Crippen LogP contribution in [0.2, 0.25) is 0 Å². The van der Waals surface area contributed by atoms with Crippen molar-refractivity contribution in [3.8, 4) is 0 Å². The third-order valence-electron chi connectivity index (χ3n) is 4.06. The minimum atomic E-state index is 0. The Morgan fingerprint density at radius 1 is 1.12 bits per heavy atom. The number of pyridine rings is 1. The fourth-order valence-electron chi connectivity index (χ4n) is 2.68. The molecule has 3 N–H and O–H groups in total. The molecule has 7 heteroatoms. The fraction of sp³-hybridized carbons (Fsp3) is 0.611. The van der Waals surface area contributed by atoms with Gasteiger partial charge in [-0.25, -0.2) is 0 Å². The Kier molecular flexibility index (Phi) is 11.2. The molecule has 0 atom stereocenters. The molecular weight excluding hydrogens is 427 g/mol. The maximum atomic E-state index is 5.89. The normalized spacial score (nSPS) is 11.5. The maximum absolute atomic E-state index is 5.89. The van der Waals surface area contributed by atoms with Gasteiger partial charge in [-0.2, -0.15) is 0 Å². The number of rotatable bonds is 11. The van der Waals surface area contributed by atoms with E-state index in [1.54, 1.807) is 0 Å². The van der Waals surface area contributed by atoms with Gasteiger partial charge >= 0.3 is 0 Å². The highest BCUT2D eigenvalue weighted by Gasteiger charge is 2.03. The molecule has 0 unspecified atom stereocenters. The summed E-state index contributed by atoms with van der Waals surface area (Å²) >= 11 is 0. The van der Waals surface area contributed by atoms with E-state index in [-0.39, 0.29) is 24.0 Å². The number of aryl methyl sites for hydroxylation is 1. The van der Waals surface area contributed by atoms with Gasteiger partial charge in [-0.1, -0.05) is 45.1 Å². The molecule has 0 amide bonds. The van der Waals surface area contributed by atoms with Gasteiger partial charge in [-0.05, 0) is 25.0 Å². The van der Waals surface area contributed by atoms with E-state index in [4.69, 9.17) is 5.73 Å². The summed E-state index contributed by atoms with van der Waals surface area (Å²) in [6, 6.07) is 5.91. The predicted molar refractivity (Wildman–Crippen MR) is 115 cm³/mol. The van der Waals surface area contributed by atoms with Crippen molar-refractivity contribution in [2.24, 2.45) is 10.7 Å². The van der Waals surface area contributed by atoms with Crippen LogP contribution in [-0.2, 0) is 6.42 Å². The second-order valence-electron chi connectivity index (χ2n) is 6.11. The number of guanidine groups is 1. The van der Waals surface area contributed by atoms with E-state index in [1.165, 1.54) is 32.1 Å². The highest BCUT2D eigenvalue weighted by molar-refractivity contribution is 14.0. The second kappa shape index (κ2) is 12.9. The number of hydrogen-bond donors (Lipinski definition) is 2. The van der Waals surface area contributed by atoms with Crippen LogP contribution in [0.4, 0.5) is 0 Å². The molecule has 0 spiro atoms. The Labute approximate surface area is 167 Å². The van der Waals surface area contributed by atoms with Crippen molar-refractivity contribution in [1.82, 2.24) is 19.9 Å². The van der Waals surface area contributed by atoms with E-state index in [0.29, 0.717) is 12.5 Å². The van der Waals surface area contributed by atoms with Crippen LogP contribution in [0.3, 0.4) is 0 Å². The van der Waals surface area contributed by atoms with Crippen molar-refractivity contribution in [2.75, 3.05) is 13.1 Å². The lowest BCUT2D eigenvalue weighted by atomic mass is 10.1. The van der Waals surface area contributed by atoms with Crippen LogP contribution in [0, 0.1) is 0 Å². The molecule has 2 aromatic rings. The van der Waals surface area contributed by atoms with Crippen molar-refractivity contribution in [3.63, 3.8) is 0 Å². The maximum Gasteiger partial charge on any atom is 0.188 e. The first-order valence-electron chi connectivity index (χ1n) is 9.13. The second-order valence-corrected chi connectivity index (χ2v) is 6.11. The van der Waals surface area contributed by atoms with Crippen LogP contribution < -0.4 is 11.1 Å². The Balaban J connectivity index is 0.00000312. The average molecular weight is 458 g/mol.